The molecule has 0 aromatic carbocycles. The van der Waals surface area contributed by atoms with Gasteiger partial charge in [0.2, 0.25) is 5.91 Å². The first-order valence-electron chi connectivity index (χ1n) is 6.54. The third kappa shape index (κ3) is 4.63. The summed E-state index contributed by atoms with van der Waals surface area (Å²) in [4.78, 5) is 12.1. The van der Waals surface area contributed by atoms with Crippen LogP contribution in [0.2, 0.25) is 0 Å². The first-order valence-corrected chi connectivity index (χ1v) is 7.53. The zero-order valence-corrected chi connectivity index (χ0v) is 12.3. The molecule has 0 saturated carbocycles. The fraction of sp³-hybridized carbons (Fsp3) is 0.667. The van der Waals surface area contributed by atoms with E-state index >= 15 is 0 Å². The van der Waals surface area contributed by atoms with E-state index in [4.69, 9.17) is 0 Å². The lowest BCUT2D eigenvalue weighted by molar-refractivity contribution is -0.124. The maximum atomic E-state index is 12.1. The van der Waals surface area contributed by atoms with Crippen LogP contribution in [0, 0.1) is 5.92 Å². The van der Waals surface area contributed by atoms with E-state index in [-0.39, 0.29) is 41.8 Å². The minimum Gasteiger partial charge on any atom is -0.355 e. The maximum Gasteiger partial charge on any atom is 0.441 e. The van der Waals surface area contributed by atoms with E-state index in [0.29, 0.717) is 13.1 Å². The Bertz CT molecular complexity index is 491. The Labute approximate surface area is 124 Å². The van der Waals surface area contributed by atoms with E-state index in [1.807, 2.05) is 6.20 Å². The SMILES string of the molecule is Cn1cc([C@H]2CNC[C@@H]2C(=O)NCCSC(F)(F)F)cn1. The second-order valence-electron chi connectivity index (χ2n) is 4.90. The van der Waals surface area contributed by atoms with Crippen molar-refractivity contribution in [2.75, 3.05) is 25.4 Å². The molecule has 2 atom stereocenters. The number of hydrogen-bond donors (Lipinski definition) is 2. The van der Waals surface area contributed by atoms with Crippen LogP contribution in [0.5, 0.6) is 0 Å². The van der Waals surface area contributed by atoms with Crippen LogP contribution in [-0.2, 0) is 11.8 Å². The monoisotopic (exact) mass is 322 g/mol. The highest BCUT2D eigenvalue weighted by molar-refractivity contribution is 8.00. The number of aryl methyl sites for hydroxylation is 1. The molecule has 1 aliphatic heterocycles. The van der Waals surface area contributed by atoms with Gasteiger partial charge >= 0.3 is 5.51 Å². The minimum absolute atomic E-state index is 0.00830. The Kier molecular flexibility index (Phi) is 5.15. The molecule has 2 heterocycles. The van der Waals surface area contributed by atoms with E-state index in [1.54, 1.807) is 17.9 Å². The molecule has 1 aliphatic rings. The van der Waals surface area contributed by atoms with Crippen molar-refractivity contribution < 1.29 is 18.0 Å². The van der Waals surface area contributed by atoms with Gasteiger partial charge in [0.05, 0.1) is 12.1 Å². The summed E-state index contributed by atoms with van der Waals surface area (Å²) in [6.07, 6.45) is 3.58. The highest BCUT2D eigenvalue weighted by Gasteiger charge is 2.34. The number of nitrogens with one attached hydrogen (secondary N) is 2. The van der Waals surface area contributed by atoms with E-state index in [2.05, 4.69) is 15.7 Å². The number of aromatic nitrogens is 2. The molecule has 0 bridgehead atoms. The Hall–Kier alpha value is -1.22. The molecule has 2 rings (SSSR count). The first-order chi connectivity index (χ1) is 9.87. The molecule has 1 aromatic rings. The van der Waals surface area contributed by atoms with Crippen molar-refractivity contribution in [1.29, 1.82) is 0 Å². The topological polar surface area (TPSA) is 59.0 Å². The predicted molar refractivity (Wildman–Crippen MR) is 73.8 cm³/mol. The predicted octanol–water partition coefficient (Wildman–Crippen LogP) is 1.09. The number of thioether (sulfide) groups is 1. The summed E-state index contributed by atoms with van der Waals surface area (Å²) in [6.45, 7) is 1.21. The van der Waals surface area contributed by atoms with Gasteiger partial charge < -0.3 is 10.6 Å². The van der Waals surface area contributed by atoms with E-state index in [9.17, 15) is 18.0 Å². The van der Waals surface area contributed by atoms with Crippen molar-refractivity contribution in [3.05, 3.63) is 18.0 Å². The van der Waals surface area contributed by atoms with E-state index < -0.39 is 5.51 Å². The van der Waals surface area contributed by atoms with Crippen molar-refractivity contribution in [1.82, 2.24) is 20.4 Å². The number of nitrogens with zero attached hydrogens (tertiary/aromatic N) is 2. The number of halogens is 3. The molecule has 21 heavy (non-hydrogen) atoms. The number of carbonyl (C=O) groups excluding carboxylic acids is 1. The average molecular weight is 322 g/mol. The summed E-state index contributed by atoms with van der Waals surface area (Å²) in [5.74, 6) is -0.650. The van der Waals surface area contributed by atoms with Crippen molar-refractivity contribution in [2.45, 2.75) is 11.4 Å². The molecule has 0 radical (unpaired) electrons. The van der Waals surface area contributed by atoms with Gasteiger partial charge in [-0.3, -0.25) is 9.48 Å². The summed E-state index contributed by atoms with van der Waals surface area (Å²) < 4.78 is 37.7. The molecule has 1 aromatic heterocycles. The summed E-state index contributed by atoms with van der Waals surface area (Å²) in [7, 11) is 1.80. The lowest BCUT2D eigenvalue weighted by Gasteiger charge is -2.17. The van der Waals surface area contributed by atoms with E-state index in [0.717, 1.165) is 5.56 Å². The molecule has 1 saturated heterocycles. The molecular weight excluding hydrogens is 305 g/mol. The fourth-order valence-electron chi connectivity index (χ4n) is 2.41. The standard InChI is InChI=1S/C12H17F3N4OS/c1-19-7-8(4-18-19)9-5-16-6-10(9)11(20)17-2-3-21-12(13,14)15/h4,7,9-10,16H,2-3,5-6H2,1H3,(H,17,20)/t9-,10+/m1/s1. The molecule has 2 N–H and O–H groups in total. The smallest absolute Gasteiger partial charge is 0.355 e. The van der Waals surface area contributed by atoms with Gasteiger partial charge in [-0.05, 0) is 17.3 Å². The molecule has 1 fully saturated rings. The van der Waals surface area contributed by atoms with Crippen LogP contribution in [-0.4, -0.2) is 46.6 Å². The Morgan fingerprint density at radius 2 is 2.33 bits per heavy atom. The van der Waals surface area contributed by atoms with Gasteiger partial charge in [-0.1, -0.05) is 0 Å². The Morgan fingerprint density at radius 3 is 2.95 bits per heavy atom. The summed E-state index contributed by atoms with van der Waals surface area (Å²) in [5, 5.41) is 9.81. The molecule has 5 nitrogen and oxygen atoms in total. The summed E-state index contributed by atoms with van der Waals surface area (Å²) >= 11 is -0.125. The molecule has 0 aliphatic carbocycles. The van der Waals surface area contributed by atoms with Gasteiger partial charge in [0.25, 0.3) is 0 Å². The van der Waals surface area contributed by atoms with Crippen molar-refractivity contribution in [2.24, 2.45) is 13.0 Å². The zero-order chi connectivity index (χ0) is 15.5. The number of hydrogen-bond acceptors (Lipinski definition) is 4. The average Bonchev–Trinajstić information content (AvgIpc) is 3.01. The third-order valence-electron chi connectivity index (χ3n) is 3.37. The van der Waals surface area contributed by atoms with Crippen molar-refractivity contribution >= 4 is 17.7 Å². The van der Waals surface area contributed by atoms with Gasteiger partial charge in [0.15, 0.2) is 0 Å². The molecular formula is C12H17F3N4OS. The van der Waals surface area contributed by atoms with Crippen LogP contribution in [0.15, 0.2) is 12.4 Å². The number of carbonyl (C=O) groups is 1. The second-order valence-corrected chi connectivity index (χ2v) is 6.06. The third-order valence-corrected chi connectivity index (χ3v) is 4.11. The molecule has 118 valence electrons. The Balaban J connectivity index is 1.84. The highest BCUT2D eigenvalue weighted by Crippen LogP contribution is 2.30. The van der Waals surface area contributed by atoms with Gasteiger partial charge in [-0.2, -0.15) is 18.3 Å². The maximum absolute atomic E-state index is 12.1. The largest absolute Gasteiger partial charge is 0.441 e. The Morgan fingerprint density at radius 1 is 1.57 bits per heavy atom. The van der Waals surface area contributed by atoms with Crippen LogP contribution < -0.4 is 10.6 Å². The van der Waals surface area contributed by atoms with E-state index in [1.165, 1.54) is 0 Å². The quantitative estimate of drug-likeness (QED) is 0.797. The fourth-order valence-corrected chi connectivity index (χ4v) is 2.84. The lowest BCUT2D eigenvalue weighted by Crippen LogP contribution is -2.35. The zero-order valence-electron chi connectivity index (χ0n) is 11.5. The van der Waals surface area contributed by atoms with Gasteiger partial charge in [0, 0.05) is 44.5 Å². The van der Waals surface area contributed by atoms with Crippen LogP contribution in [0.25, 0.3) is 0 Å². The minimum atomic E-state index is -4.25. The van der Waals surface area contributed by atoms with Crippen molar-refractivity contribution in [3.63, 3.8) is 0 Å². The summed E-state index contributed by atoms with van der Waals surface area (Å²) in [6, 6.07) is 0. The normalized spacial score (nSPS) is 22.5. The molecule has 0 unspecified atom stereocenters. The van der Waals surface area contributed by atoms with Crippen molar-refractivity contribution in [3.8, 4) is 0 Å². The molecule has 0 spiro atoms. The second kappa shape index (κ2) is 6.69. The van der Waals surface area contributed by atoms with Crippen LogP contribution in [0.3, 0.4) is 0 Å². The lowest BCUT2D eigenvalue weighted by atomic mass is 9.90. The van der Waals surface area contributed by atoms with Gasteiger partial charge in [0.1, 0.15) is 0 Å². The van der Waals surface area contributed by atoms with Crippen LogP contribution in [0.4, 0.5) is 13.2 Å². The number of amides is 1. The first kappa shape index (κ1) is 16.2. The van der Waals surface area contributed by atoms with Crippen LogP contribution in [0.1, 0.15) is 11.5 Å². The van der Waals surface area contributed by atoms with Crippen LogP contribution >= 0.6 is 11.8 Å². The summed E-state index contributed by atoms with van der Waals surface area (Å²) in [5.41, 5.74) is -3.29. The van der Waals surface area contributed by atoms with Gasteiger partial charge in [-0.25, -0.2) is 0 Å². The molecule has 9 heteroatoms. The highest BCUT2D eigenvalue weighted by atomic mass is 32.2. The number of alkyl halides is 3. The number of rotatable bonds is 5. The molecule has 1 amide bonds. The van der Waals surface area contributed by atoms with Gasteiger partial charge in [-0.15, -0.1) is 0 Å².